The number of nitrogens with zero attached hydrogens (tertiary/aromatic N) is 2. The lowest BCUT2D eigenvalue weighted by atomic mass is 10.0. The predicted octanol–water partition coefficient (Wildman–Crippen LogP) is 5.63. The van der Waals surface area contributed by atoms with Crippen LogP contribution in [0.25, 0.3) is 0 Å². The van der Waals surface area contributed by atoms with E-state index < -0.39 is 34.1 Å². The fourth-order valence-electron chi connectivity index (χ4n) is 4.43. The molecule has 0 unspecified atom stereocenters. The zero-order valence-corrected chi connectivity index (χ0v) is 27.0. The molecular weight excluding hydrogens is 597 g/mol. The maximum Gasteiger partial charge on any atom is 0.244 e. The second kappa shape index (κ2) is 13.8. The number of aryl methyl sites for hydroxylation is 1. The summed E-state index contributed by atoms with van der Waals surface area (Å²) in [5, 5.41) is 3.63. The van der Waals surface area contributed by atoms with Crippen LogP contribution in [-0.2, 0) is 32.6 Å². The standard InChI is InChI=1S/C31H37Cl2N3O5S/c1-21-12-15-28(41-5)26(16-21)36(42(6,39)40)20-29(37)35(19-23-13-14-24(32)25(33)17-23)27(30(38)34-31(2,3)4)18-22-10-8-7-9-11-22/h7-17,27H,18-20H2,1-6H3,(H,34,38)/t27-/m0/s1. The number of nitrogens with one attached hydrogen (secondary N) is 1. The van der Waals surface area contributed by atoms with Crippen LogP contribution in [0.5, 0.6) is 5.75 Å². The Bertz CT molecular complexity index is 1530. The molecule has 2 amide bonds. The van der Waals surface area contributed by atoms with Gasteiger partial charge in [0.2, 0.25) is 21.8 Å². The van der Waals surface area contributed by atoms with Gasteiger partial charge in [-0.2, -0.15) is 0 Å². The normalized spacial score (nSPS) is 12.4. The van der Waals surface area contributed by atoms with Gasteiger partial charge in [0.05, 0.1) is 29.1 Å². The van der Waals surface area contributed by atoms with Crippen molar-refractivity contribution in [1.29, 1.82) is 0 Å². The molecule has 0 fully saturated rings. The van der Waals surface area contributed by atoms with Crippen molar-refractivity contribution < 1.29 is 22.7 Å². The molecule has 0 heterocycles. The molecule has 0 radical (unpaired) electrons. The SMILES string of the molecule is COc1ccc(C)cc1N(CC(=O)N(Cc1ccc(Cl)c(Cl)c1)[C@@H](Cc1ccccc1)C(=O)NC(C)(C)C)S(C)(=O)=O. The summed E-state index contributed by atoms with van der Waals surface area (Å²) in [6, 6.07) is 18.4. The Balaban J connectivity index is 2.14. The van der Waals surface area contributed by atoms with Gasteiger partial charge in [0.1, 0.15) is 18.3 Å². The molecule has 42 heavy (non-hydrogen) atoms. The van der Waals surface area contributed by atoms with Crippen molar-refractivity contribution in [2.75, 3.05) is 24.2 Å². The van der Waals surface area contributed by atoms with Crippen LogP contribution in [0.2, 0.25) is 10.0 Å². The minimum absolute atomic E-state index is 0.0205. The monoisotopic (exact) mass is 633 g/mol. The van der Waals surface area contributed by atoms with Gasteiger partial charge in [-0.25, -0.2) is 8.42 Å². The molecule has 8 nitrogen and oxygen atoms in total. The molecule has 0 spiro atoms. The molecule has 0 saturated heterocycles. The van der Waals surface area contributed by atoms with Crippen LogP contribution >= 0.6 is 23.2 Å². The zero-order chi connectivity index (χ0) is 31.2. The molecule has 0 aliphatic carbocycles. The fraction of sp³-hybridized carbons (Fsp3) is 0.355. The summed E-state index contributed by atoms with van der Waals surface area (Å²) < 4.78 is 32.6. The Kier molecular flexibility index (Phi) is 10.9. The van der Waals surface area contributed by atoms with E-state index in [4.69, 9.17) is 27.9 Å². The third-order valence-corrected chi connectivity index (χ3v) is 8.25. The molecule has 11 heteroatoms. The number of benzene rings is 3. The second-order valence-corrected chi connectivity index (χ2v) is 13.9. The summed E-state index contributed by atoms with van der Waals surface area (Å²) in [4.78, 5) is 29.5. The maximum atomic E-state index is 14.3. The topological polar surface area (TPSA) is 96.0 Å². The van der Waals surface area contributed by atoms with E-state index in [0.29, 0.717) is 21.4 Å². The van der Waals surface area contributed by atoms with Crippen LogP contribution in [0.4, 0.5) is 5.69 Å². The van der Waals surface area contributed by atoms with Crippen LogP contribution in [-0.4, -0.2) is 56.6 Å². The Morgan fingerprint density at radius 3 is 2.19 bits per heavy atom. The van der Waals surface area contributed by atoms with Gasteiger partial charge in [0.15, 0.2) is 0 Å². The summed E-state index contributed by atoms with van der Waals surface area (Å²) in [7, 11) is -2.52. The second-order valence-electron chi connectivity index (χ2n) is 11.2. The fourth-order valence-corrected chi connectivity index (χ4v) is 5.60. The number of sulfonamides is 1. The molecule has 0 aromatic heterocycles. The highest BCUT2D eigenvalue weighted by atomic mass is 35.5. The van der Waals surface area contributed by atoms with Gasteiger partial charge in [-0.15, -0.1) is 0 Å². The summed E-state index contributed by atoms with van der Waals surface area (Å²) in [5.74, 6) is -0.667. The molecule has 0 bridgehead atoms. The van der Waals surface area contributed by atoms with Crippen molar-refractivity contribution in [1.82, 2.24) is 10.2 Å². The lowest BCUT2D eigenvalue weighted by Crippen LogP contribution is -2.56. The van der Waals surface area contributed by atoms with Gasteiger partial charge < -0.3 is 15.0 Å². The number of anilines is 1. The number of hydrogen-bond acceptors (Lipinski definition) is 5. The van der Waals surface area contributed by atoms with E-state index in [2.05, 4.69) is 5.32 Å². The molecule has 3 aromatic rings. The third-order valence-electron chi connectivity index (χ3n) is 6.39. The first-order chi connectivity index (χ1) is 19.6. The lowest BCUT2D eigenvalue weighted by molar-refractivity contribution is -0.140. The molecule has 1 atom stereocenters. The highest BCUT2D eigenvalue weighted by Crippen LogP contribution is 2.31. The Hall–Kier alpha value is -3.27. The number of methoxy groups -OCH3 is 1. The van der Waals surface area contributed by atoms with Crippen molar-refractivity contribution in [3.63, 3.8) is 0 Å². The highest BCUT2D eigenvalue weighted by molar-refractivity contribution is 7.92. The molecule has 3 rings (SSSR count). The Morgan fingerprint density at radius 2 is 1.62 bits per heavy atom. The van der Waals surface area contributed by atoms with Gasteiger partial charge >= 0.3 is 0 Å². The van der Waals surface area contributed by atoms with Gasteiger partial charge in [0, 0.05) is 18.5 Å². The van der Waals surface area contributed by atoms with E-state index in [1.807, 2.05) is 58.0 Å². The largest absolute Gasteiger partial charge is 0.495 e. The maximum absolute atomic E-state index is 14.3. The molecule has 3 aromatic carbocycles. The van der Waals surface area contributed by atoms with Crippen LogP contribution in [0.15, 0.2) is 66.7 Å². The van der Waals surface area contributed by atoms with Crippen LogP contribution < -0.4 is 14.4 Å². The number of carbonyl (C=O) groups is 2. The number of amides is 2. The van der Waals surface area contributed by atoms with Gasteiger partial charge in [0.25, 0.3) is 0 Å². The molecule has 226 valence electrons. The van der Waals surface area contributed by atoms with E-state index in [1.165, 1.54) is 12.0 Å². The van der Waals surface area contributed by atoms with E-state index in [9.17, 15) is 18.0 Å². The van der Waals surface area contributed by atoms with Gasteiger partial charge in [-0.1, -0.05) is 65.7 Å². The number of carbonyl (C=O) groups excluding carboxylic acids is 2. The average Bonchev–Trinajstić information content (AvgIpc) is 2.90. The first kappa shape index (κ1) is 33.2. The van der Waals surface area contributed by atoms with Crippen LogP contribution in [0.1, 0.15) is 37.5 Å². The molecule has 0 aliphatic heterocycles. The smallest absolute Gasteiger partial charge is 0.244 e. The Labute approximate surface area is 258 Å². The minimum Gasteiger partial charge on any atom is -0.495 e. The first-order valence-corrected chi connectivity index (χ1v) is 15.9. The average molecular weight is 635 g/mol. The zero-order valence-electron chi connectivity index (χ0n) is 24.6. The summed E-state index contributed by atoms with van der Waals surface area (Å²) in [5.41, 5.74) is 1.88. The van der Waals surface area contributed by atoms with Gasteiger partial charge in [-0.05, 0) is 68.7 Å². The lowest BCUT2D eigenvalue weighted by Gasteiger charge is -2.35. The minimum atomic E-state index is -3.95. The van der Waals surface area contributed by atoms with Crippen molar-refractivity contribution in [3.05, 3.63) is 93.5 Å². The van der Waals surface area contributed by atoms with Crippen molar-refractivity contribution in [2.45, 2.75) is 52.2 Å². The summed E-state index contributed by atoms with van der Waals surface area (Å²) in [6.07, 6.45) is 1.22. The number of hydrogen-bond donors (Lipinski definition) is 1. The van der Waals surface area contributed by atoms with E-state index in [1.54, 1.807) is 36.4 Å². The molecular formula is C31H37Cl2N3O5S. The molecule has 0 saturated carbocycles. The van der Waals surface area contributed by atoms with Crippen molar-refractivity contribution in [2.24, 2.45) is 0 Å². The number of halogens is 2. The highest BCUT2D eigenvalue weighted by Gasteiger charge is 2.35. The van der Waals surface area contributed by atoms with Crippen LogP contribution in [0.3, 0.4) is 0 Å². The summed E-state index contributed by atoms with van der Waals surface area (Å²) in [6.45, 7) is 6.79. The third kappa shape index (κ3) is 9.11. The summed E-state index contributed by atoms with van der Waals surface area (Å²) >= 11 is 12.4. The molecule has 1 N–H and O–H groups in total. The number of rotatable bonds is 11. The van der Waals surface area contributed by atoms with E-state index in [0.717, 1.165) is 21.7 Å². The van der Waals surface area contributed by atoms with Crippen molar-refractivity contribution >= 4 is 50.7 Å². The molecule has 0 aliphatic rings. The van der Waals surface area contributed by atoms with E-state index >= 15 is 0 Å². The van der Waals surface area contributed by atoms with E-state index in [-0.39, 0.29) is 24.6 Å². The van der Waals surface area contributed by atoms with Gasteiger partial charge in [-0.3, -0.25) is 13.9 Å². The quantitative estimate of drug-likeness (QED) is 0.295. The first-order valence-electron chi connectivity index (χ1n) is 13.3. The number of ether oxygens (including phenoxy) is 1. The van der Waals surface area contributed by atoms with Crippen molar-refractivity contribution in [3.8, 4) is 5.75 Å². The Morgan fingerprint density at radius 1 is 0.952 bits per heavy atom. The predicted molar refractivity (Wildman–Crippen MR) is 169 cm³/mol. The van der Waals surface area contributed by atoms with Crippen LogP contribution in [0, 0.1) is 6.92 Å².